The van der Waals surface area contributed by atoms with E-state index in [0.717, 1.165) is 41.3 Å². The van der Waals surface area contributed by atoms with Gasteiger partial charge in [0, 0.05) is 38.1 Å². The third kappa shape index (κ3) is 5.00. The minimum absolute atomic E-state index is 0.0303. The van der Waals surface area contributed by atoms with Crippen LogP contribution in [0.4, 0.5) is 19.0 Å². The lowest BCUT2D eigenvalue weighted by atomic mass is 10.1. The number of pyridine rings is 2. The van der Waals surface area contributed by atoms with Crippen molar-refractivity contribution in [2.45, 2.75) is 18.0 Å². The number of halogens is 4. The smallest absolute Gasteiger partial charge is 0.350 e. The Labute approximate surface area is 242 Å². The maximum absolute atomic E-state index is 15.7. The van der Waals surface area contributed by atoms with Crippen molar-refractivity contribution in [2.24, 2.45) is 0 Å². The lowest BCUT2D eigenvalue weighted by molar-refractivity contribution is -0.126. The van der Waals surface area contributed by atoms with Crippen molar-refractivity contribution >= 4 is 44.2 Å². The van der Waals surface area contributed by atoms with Gasteiger partial charge in [0.2, 0.25) is 5.91 Å². The van der Waals surface area contributed by atoms with Crippen LogP contribution >= 0.6 is 11.6 Å². The summed E-state index contributed by atoms with van der Waals surface area (Å²) in [7, 11) is -4.09. The Morgan fingerprint density at radius 2 is 1.81 bits per heavy atom. The molecule has 0 N–H and O–H groups in total. The molecule has 1 atom stereocenters. The number of benzene rings is 1. The van der Waals surface area contributed by atoms with Crippen molar-refractivity contribution in [1.82, 2.24) is 24.4 Å². The number of hydrogen-bond donors (Lipinski definition) is 0. The number of carbonyl (C=O) groups is 1. The van der Waals surface area contributed by atoms with Gasteiger partial charge in [-0.15, -0.1) is 0 Å². The Balaban J connectivity index is 1.86. The predicted molar refractivity (Wildman–Crippen MR) is 150 cm³/mol. The Bertz CT molecular complexity index is 1930. The zero-order valence-corrected chi connectivity index (χ0v) is 23.8. The van der Waals surface area contributed by atoms with Gasteiger partial charge in [0.25, 0.3) is 0 Å². The molecule has 218 valence electrons. The molecule has 0 radical (unpaired) electrons. The van der Waals surface area contributed by atoms with Gasteiger partial charge >= 0.3 is 5.69 Å². The first-order valence-electron chi connectivity index (χ1n) is 12.4. The Morgan fingerprint density at radius 1 is 1.12 bits per heavy atom. The van der Waals surface area contributed by atoms with Crippen LogP contribution < -0.4 is 10.6 Å². The van der Waals surface area contributed by atoms with Crippen LogP contribution in [-0.2, 0) is 14.6 Å². The number of piperazine rings is 1. The first-order chi connectivity index (χ1) is 19.8. The molecule has 0 spiro atoms. The summed E-state index contributed by atoms with van der Waals surface area (Å²) in [5.41, 5.74) is -3.41. The van der Waals surface area contributed by atoms with Gasteiger partial charge in [-0.1, -0.05) is 24.2 Å². The molecule has 0 unspecified atom stereocenters. The maximum atomic E-state index is 15.7. The number of rotatable bonds is 5. The summed E-state index contributed by atoms with van der Waals surface area (Å²) in [6.45, 7) is 5.88. The van der Waals surface area contributed by atoms with Crippen LogP contribution in [0.5, 0.6) is 0 Å². The minimum Gasteiger partial charge on any atom is -0.350 e. The summed E-state index contributed by atoms with van der Waals surface area (Å²) < 4.78 is 71.2. The zero-order valence-electron chi connectivity index (χ0n) is 22.2. The molecule has 1 amide bonds. The molecule has 42 heavy (non-hydrogen) atoms. The molecule has 0 aliphatic carbocycles. The minimum atomic E-state index is -4.09. The van der Waals surface area contributed by atoms with Gasteiger partial charge < -0.3 is 9.80 Å². The van der Waals surface area contributed by atoms with Crippen LogP contribution in [0.1, 0.15) is 6.92 Å². The van der Waals surface area contributed by atoms with E-state index in [1.165, 1.54) is 12.1 Å². The molecule has 1 aromatic carbocycles. The van der Waals surface area contributed by atoms with Crippen LogP contribution in [0.3, 0.4) is 0 Å². The Kier molecular flexibility index (Phi) is 7.53. The van der Waals surface area contributed by atoms with Crippen LogP contribution in [0.25, 0.3) is 28.0 Å². The van der Waals surface area contributed by atoms with E-state index in [9.17, 15) is 26.8 Å². The fourth-order valence-electron chi connectivity index (χ4n) is 4.91. The van der Waals surface area contributed by atoms with Crippen molar-refractivity contribution < 1.29 is 26.4 Å². The lowest BCUT2D eigenvalue weighted by Gasteiger charge is -2.40. The third-order valence-corrected chi connectivity index (χ3v) is 8.11. The number of fused-ring (bicyclic) bond motifs is 1. The van der Waals surface area contributed by atoms with Crippen molar-refractivity contribution in [3.8, 4) is 16.9 Å². The van der Waals surface area contributed by atoms with Crippen LogP contribution in [0.2, 0.25) is 5.02 Å². The zero-order chi connectivity index (χ0) is 30.5. The monoisotopic (exact) mass is 618 g/mol. The normalized spacial score (nSPS) is 15.7. The number of hydrogen-bond acceptors (Lipinski definition) is 8. The summed E-state index contributed by atoms with van der Waals surface area (Å²) >= 11 is 6.38. The van der Waals surface area contributed by atoms with Gasteiger partial charge in [-0.3, -0.25) is 4.79 Å². The molecule has 15 heteroatoms. The summed E-state index contributed by atoms with van der Waals surface area (Å²) in [5, 5.41) is -0.900. The molecule has 0 saturated carbocycles. The number of anilines is 1. The second kappa shape index (κ2) is 10.8. The van der Waals surface area contributed by atoms with Gasteiger partial charge in [0.05, 0.1) is 16.0 Å². The van der Waals surface area contributed by atoms with E-state index in [2.05, 4.69) is 21.5 Å². The average molecular weight is 619 g/mol. The summed E-state index contributed by atoms with van der Waals surface area (Å²) in [4.78, 5) is 41.3. The lowest BCUT2D eigenvalue weighted by Crippen LogP contribution is -2.54. The molecule has 3 aromatic heterocycles. The number of nitrogens with zero attached hydrogens (tertiary/aromatic N) is 6. The number of carbonyl (C=O) groups excluding carboxylic acids is 1. The molecule has 1 aliphatic heterocycles. The molecule has 10 nitrogen and oxygen atoms in total. The quantitative estimate of drug-likeness (QED) is 0.312. The molecular formula is C27H22ClF3N6O4S. The van der Waals surface area contributed by atoms with Crippen molar-refractivity contribution in [3.63, 3.8) is 0 Å². The standard InChI is InChI=1S/C27H22ClF3N6O4S/c1-4-20(38)35-10-11-36(14(2)13-35)24-15-12-19(31)22(21-17(29)6-5-7-18(21)30)33-25(15)37(27(39)34-24)23-16(28)8-9-32-26(23)42(3,40)41/h4-9,12,14H,1,10-11,13H2,2-3H3/t14-/m0/s1. The largest absolute Gasteiger partial charge is 0.355 e. The van der Waals surface area contributed by atoms with Crippen LogP contribution in [0.15, 0.2) is 59.0 Å². The third-order valence-electron chi connectivity index (χ3n) is 6.80. The highest BCUT2D eigenvalue weighted by atomic mass is 35.5. The topological polar surface area (TPSA) is 118 Å². The average Bonchev–Trinajstić information content (AvgIpc) is 2.92. The van der Waals surface area contributed by atoms with Crippen molar-refractivity contribution in [2.75, 3.05) is 30.8 Å². The Hall–Kier alpha value is -4.30. The Morgan fingerprint density at radius 3 is 2.43 bits per heavy atom. The van der Waals surface area contributed by atoms with Crippen LogP contribution in [-0.4, -0.2) is 70.7 Å². The molecule has 1 fully saturated rings. The van der Waals surface area contributed by atoms with E-state index >= 15 is 4.39 Å². The predicted octanol–water partition coefficient (Wildman–Crippen LogP) is 3.54. The van der Waals surface area contributed by atoms with E-state index in [4.69, 9.17) is 11.6 Å². The molecule has 4 heterocycles. The van der Waals surface area contributed by atoms with E-state index in [0.29, 0.717) is 0 Å². The van der Waals surface area contributed by atoms with Gasteiger partial charge in [0.1, 0.15) is 28.8 Å². The first kappa shape index (κ1) is 29.2. The van der Waals surface area contributed by atoms with E-state index in [-0.39, 0.29) is 47.4 Å². The molecular weight excluding hydrogens is 597 g/mol. The molecule has 0 bridgehead atoms. The molecule has 1 saturated heterocycles. The number of aromatic nitrogens is 4. The number of sulfone groups is 1. The molecule has 4 aromatic rings. The summed E-state index contributed by atoms with van der Waals surface area (Å²) in [6, 6.07) is 4.66. The second-order valence-corrected chi connectivity index (χ2v) is 11.9. The second-order valence-electron chi connectivity index (χ2n) is 9.59. The highest BCUT2D eigenvalue weighted by molar-refractivity contribution is 7.90. The highest BCUT2D eigenvalue weighted by Crippen LogP contribution is 2.35. The number of amides is 1. The molecule has 5 rings (SSSR count). The highest BCUT2D eigenvalue weighted by Gasteiger charge is 2.31. The summed E-state index contributed by atoms with van der Waals surface area (Å²) in [6.07, 6.45) is 3.15. The summed E-state index contributed by atoms with van der Waals surface area (Å²) in [5.74, 6) is -3.68. The van der Waals surface area contributed by atoms with Gasteiger partial charge in [0.15, 0.2) is 26.3 Å². The van der Waals surface area contributed by atoms with E-state index < -0.39 is 61.0 Å². The van der Waals surface area contributed by atoms with Crippen molar-refractivity contribution in [3.05, 3.63) is 82.1 Å². The van der Waals surface area contributed by atoms with Gasteiger partial charge in [-0.2, -0.15) is 4.98 Å². The first-order valence-corrected chi connectivity index (χ1v) is 14.7. The van der Waals surface area contributed by atoms with E-state index in [1.54, 1.807) is 16.7 Å². The van der Waals surface area contributed by atoms with E-state index in [1.807, 2.05) is 0 Å². The van der Waals surface area contributed by atoms with Gasteiger partial charge in [-0.05, 0) is 37.3 Å². The van der Waals surface area contributed by atoms with Crippen LogP contribution in [0, 0.1) is 17.5 Å². The van der Waals surface area contributed by atoms with Crippen molar-refractivity contribution in [1.29, 1.82) is 0 Å². The maximum Gasteiger partial charge on any atom is 0.355 e. The SMILES string of the molecule is C=CC(=O)N1CCN(c2nc(=O)n(-c3c(Cl)ccnc3S(C)(=O)=O)c3nc(-c4c(F)cccc4F)c(F)cc23)[C@@H](C)C1. The molecule has 1 aliphatic rings. The van der Waals surface area contributed by atoms with Gasteiger partial charge in [-0.25, -0.2) is 40.9 Å². The fraction of sp³-hybridized carbons (Fsp3) is 0.222. The fourth-order valence-corrected chi connectivity index (χ4v) is 6.00.